The Morgan fingerprint density at radius 3 is 2.39 bits per heavy atom. The van der Waals surface area contributed by atoms with Crippen LogP contribution < -0.4 is 4.74 Å². The topological polar surface area (TPSA) is 52.6 Å². The third-order valence-electron chi connectivity index (χ3n) is 5.34. The molecule has 0 radical (unpaired) electrons. The van der Waals surface area contributed by atoms with Gasteiger partial charge in [-0.25, -0.2) is 8.42 Å². The van der Waals surface area contributed by atoms with E-state index in [1.54, 1.807) is 0 Å². The summed E-state index contributed by atoms with van der Waals surface area (Å²) in [6, 6.07) is 17.8. The molecular weight excluding hydrogens is 408 g/mol. The highest BCUT2D eigenvalue weighted by Gasteiger charge is 2.24. The molecule has 2 aromatic carbocycles. The van der Waals surface area contributed by atoms with E-state index in [9.17, 15) is 8.42 Å². The van der Waals surface area contributed by atoms with Crippen LogP contribution in [0.1, 0.15) is 57.1 Å². The van der Waals surface area contributed by atoms with E-state index in [2.05, 4.69) is 20.8 Å². The molecule has 1 aliphatic rings. The molecule has 0 N–H and O–H groups in total. The Labute approximate surface area is 187 Å². The van der Waals surface area contributed by atoms with Gasteiger partial charge in [-0.2, -0.15) is 0 Å². The van der Waals surface area contributed by atoms with Gasteiger partial charge in [0.05, 0.1) is 24.7 Å². The molecule has 1 saturated carbocycles. The minimum absolute atomic E-state index is 0.0857. The van der Waals surface area contributed by atoms with Crippen molar-refractivity contribution in [2.45, 2.75) is 46.0 Å². The fourth-order valence-corrected chi connectivity index (χ4v) is 5.10. The lowest BCUT2D eigenvalue weighted by Crippen LogP contribution is -2.21. The summed E-state index contributed by atoms with van der Waals surface area (Å²) >= 11 is 0. The van der Waals surface area contributed by atoms with Gasteiger partial charge in [0.25, 0.3) is 0 Å². The lowest BCUT2D eigenvalue weighted by molar-refractivity contribution is 0.0720. The maximum atomic E-state index is 13.0. The maximum absolute atomic E-state index is 13.0. The Morgan fingerprint density at radius 2 is 1.71 bits per heavy atom. The largest absolute Gasteiger partial charge is 0.493 e. The lowest BCUT2D eigenvalue weighted by atomic mass is 9.93. The van der Waals surface area contributed by atoms with Crippen LogP contribution in [0.4, 0.5) is 0 Å². The van der Waals surface area contributed by atoms with Crippen LogP contribution >= 0.6 is 0 Å². The standard InChI is InChI=1S/C26H36O4S/c1-26(2,3)20-29-15-8-16-31(27,28)19-25(22-9-5-4-6-10-22)23-11-7-12-24(17-23)30-18-21-13-14-21/h4-7,9-12,17,21,25H,8,13-16,18-20H2,1-3H3. The second-order valence-electron chi connectivity index (χ2n) is 9.87. The number of hydrogen-bond acceptors (Lipinski definition) is 4. The fourth-order valence-electron chi connectivity index (χ4n) is 3.49. The number of benzene rings is 2. The molecule has 0 heterocycles. The van der Waals surface area contributed by atoms with Gasteiger partial charge in [-0.05, 0) is 53.9 Å². The number of rotatable bonds is 12. The molecule has 2 aromatic rings. The highest BCUT2D eigenvalue weighted by Crippen LogP contribution is 2.32. The molecule has 0 bridgehead atoms. The van der Waals surface area contributed by atoms with Crippen LogP contribution in [0.25, 0.3) is 0 Å². The molecule has 1 atom stereocenters. The van der Waals surface area contributed by atoms with E-state index in [1.165, 1.54) is 12.8 Å². The van der Waals surface area contributed by atoms with Crippen molar-refractivity contribution < 1.29 is 17.9 Å². The molecule has 170 valence electrons. The molecule has 0 saturated heterocycles. The minimum Gasteiger partial charge on any atom is -0.493 e. The highest BCUT2D eigenvalue weighted by molar-refractivity contribution is 7.91. The van der Waals surface area contributed by atoms with E-state index in [-0.39, 0.29) is 22.8 Å². The summed E-state index contributed by atoms with van der Waals surface area (Å²) in [7, 11) is -3.24. The number of ether oxygens (including phenoxy) is 2. The van der Waals surface area contributed by atoms with Crippen molar-refractivity contribution in [3.05, 3.63) is 65.7 Å². The maximum Gasteiger partial charge on any atom is 0.151 e. The van der Waals surface area contributed by atoms with Gasteiger partial charge in [-0.15, -0.1) is 0 Å². The van der Waals surface area contributed by atoms with Gasteiger partial charge in [-0.3, -0.25) is 0 Å². The summed E-state index contributed by atoms with van der Waals surface area (Å²) in [5.74, 6) is 1.50. The summed E-state index contributed by atoms with van der Waals surface area (Å²) in [4.78, 5) is 0. The van der Waals surface area contributed by atoms with E-state index in [0.29, 0.717) is 25.6 Å². The Kier molecular flexibility index (Phi) is 8.17. The second kappa shape index (κ2) is 10.6. The average Bonchev–Trinajstić information content (AvgIpc) is 3.55. The molecule has 0 spiro atoms. The van der Waals surface area contributed by atoms with Gasteiger partial charge in [0.2, 0.25) is 0 Å². The third kappa shape index (κ3) is 8.66. The third-order valence-corrected chi connectivity index (χ3v) is 7.10. The first-order valence-corrected chi connectivity index (χ1v) is 13.1. The second-order valence-corrected chi connectivity index (χ2v) is 12.1. The molecule has 1 aliphatic carbocycles. The van der Waals surface area contributed by atoms with Gasteiger partial charge >= 0.3 is 0 Å². The summed E-state index contributed by atoms with van der Waals surface area (Å²) in [6.45, 7) is 8.17. The first-order valence-electron chi connectivity index (χ1n) is 11.3. The fraction of sp³-hybridized carbons (Fsp3) is 0.538. The van der Waals surface area contributed by atoms with Gasteiger partial charge < -0.3 is 9.47 Å². The van der Waals surface area contributed by atoms with Crippen molar-refractivity contribution in [1.29, 1.82) is 0 Å². The summed E-state index contributed by atoms with van der Waals surface area (Å²) in [5.41, 5.74) is 2.07. The zero-order valence-corrected chi connectivity index (χ0v) is 19.9. The van der Waals surface area contributed by atoms with Crippen molar-refractivity contribution in [3.8, 4) is 5.75 Å². The molecule has 0 amide bonds. The van der Waals surface area contributed by atoms with Crippen LogP contribution in [0.2, 0.25) is 0 Å². The molecule has 5 heteroatoms. The Hall–Kier alpha value is -1.85. The molecule has 3 rings (SSSR count). The van der Waals surface area contributed by atoms with Gasteiger partial charge in [0.1, 0.15) is 5.75 Å². The lowest BCUT2D eigenvalue weighted by Gasteiger charge is -2.20. The zero-order chi connectivity index (χ0) is 22.3. The number of sulfone groups is 1. The Morgan fingerprint density at radius 1 is 1.00 bits per heavy atom. The van der Waals surface area contributed by atoms with E-state index in [1.807, 2.05) is 54.6 Å². The average molecular weight is 445 g/mol. The predicted octanol–water partition coefficient (Wildman–Crippen LogP) is 5.47. The van der Waals surface area contributed by atoms with Crippen LogP contribution in [0.3, 0.4) is 0 Å². The van der Waals surface area contributed by atoms with Crippen molar-refractivity contribution in [1.82, 2.24) is 0 Å². The van der Waals surface area contributed by atoms with Crippen molar-refractivity contribution in [2.75, 3.05) is 31.3 Å². The Bertz CT molecular complexity index is 912. The SMILES string of the molecule is CC(C)(C)COCCCS(=O)(=O)CC(c1ccccc1)c1cccc(OCC2CC2)c1. The summed E-state index contributed by atoms with van der Waals surface area (Å²) in [6.07, 6.45) is 3.00. The van der Waals surface area contributed by atoms with Crippen LogP contribution in [0.15, 0.2) is 54.6 Å². The quantitative estimate of drug-likeness (QED) is 0.407. The highest BCUT2D eigenvalue weighted by atomic mass is 32.2. The number of hydrogen-bond donors (Lipinski definition) is 0. The van der Waals surface area contributed by atoms with Crippen molar-refractivity contribution >= 4 is 9.84 Å². The van der Waals surface area contributed by atoms with Gasteiger partial charge in [-0.1, -0.05) is 63.2 Å². The molecule has 1 fully saturated rings. The molecule has 31 heavy (non-hydrogen) atoms. The van der Waals surface area contributed by atoms with Crippen LogP contribution in [0.5, 0.6) is 5.75 Å². The molecule has 0 aliphatic heterocycles. The molecule has 1 unspecified atom stereocenters. The summed E-state index contributed by atoms with van der Waals surface area (Å²) in [5, 5.41) is 0. The minimum atomic E-state index is -3.24. The van der Waals surface area contributed by atoms with E-state index >= 15 is 0 Å². The van der Waals surface area contributed by atoms with Gasteiger partial charge in [0.15, 0.2) is 9.84 Å². The van der Waals surface area contributed by atoms with Crippen molar-refractivity contribution in [3.63, 3.8) is 0 Å². The van der Waals surface area contributed by atoms with Crippen LogP contribution in [0, 0.1) is 11.3 Å². The van der Waals surface area contributed by atoms with Crippen LogP contribution in [-0.2, 0) is 14.6 Å². The normalized spacial score (nSPS) is 15.6. The van der Waals surface area contributed by atoms with Crippen LogP contribution in [-0.4, -0.2) is 39.7 Å². The monoisotopic (exact) mass is 444 g/mol. The van der Waals surface area contributed by atoms with Gasteiger partial charge in [0, 0.05) is 12.5 Å². The first-order chi connectivity index (χ1) is 14.7. The smallest absolute Gasteiger partial charge is 0.151 e. The summed E-state index contributed by atoms with van der Waals surface area (Å²) < 4.78 is 37.5. The first kappa shape index (κ1) is 23.8. The predicted molar refractivity (Wildman–Crippen MR) is 126 cm³/mol. The Balaban J connectivity index is 1.67. The van der Waals surface area contributed by atoms with E-state index in [4.69, 9.17) is 9.47 Å². The zero-order valence-electron chi connectivity index (χ0n) is 19.0. The molecular formula is C26H36O4S. The van der Waals surface area contributed by atoms with Crippen molar-refractivity contribution in [2.24, 2.45) is 11.3 Å². The molecule has 4 nitrogen and oxygen atoms in total. The van der Waals surface area contributed by atoms with E-state index in [0.717, 1.165) is 23.5 Å². The van der Waals surface area contributed by atoms with E-state index < -0.39 is 9.84 Å². The molecule has 0 aromatic heterocycles.